The van der Waals surface area contributed by atoms with Gasteiger partial charge in [0.1, 0.15) is 5.69 Å². The highest BCUT2D eigenvalue weighted by molar-refractivity contribution is 6.28. The van der Waals surface area contributed by atoms with Gasteiger partial charge in [-0.1, -0.05) is 97.1 Å². The van der Waals surface area contributed by atoms with Crippen molar-refractivity contribution in [1.29, 1.82) is 0 Å². The Morgan fingerprint density at radius 2 is 0.776 bits per heavy atom. The molecular formula is C39H20F5N5. The average molecular weight is 654 g/mol. The number of nitrogens with zero attached hydrogens (tertiary/aromatic N) is 5. The molecule has 0 aliphatic heterocycles. The first-order valence-corrected chi connectivity index (χ1v) is 15.3. The second kappa shape index (κ2) is 10.8. The zero-order valence-corrected chi connectivity index (χ0v) is 25.2. The summed E-state index contributed by atoms with van der Waals surface area (Å²) in [5, 5.41) is 2.58. The molecule has 0 amide bonds. The summed E-state index contributed by atoms with van der Waals surface area (Å²) in [4.78, 5) is 14.7. The Bertz CT molecular complexity index is 2690. The van der Waals surface area contributed by atoms with Gasteiger partial charge in [-0.3, -0.25) is 4.57 Å². The van der Waals surface area contributed by atoms with Crippen LogP contribution in [-0.2, 0) is 0 Å². The summed E-state index contributed by atoms with van der Waals surface area (Å²) in [5.41, 5.74) is 2.45. The molecule has 0 saturated carbocycles. The number of fused-ring (bicyclic) bond motifs is 7. The Hall–Kier alpha value is -6.42. The maximum absolute atomic E-state index is 15.4. The molecule has 3 aromatic heterocycles. The molecular weight excluding hydrogens is 633 g/mol. The van der Waals surface area contributed by atoms with E-state index in [4.69, 9.17) is 15.0 Å². The molecule has 0 spiro atoms. The summed E-state index contributed by atoms with van der Waals surface area (Å²) in [6.07, 6.45) is 0. The van der Waals surface area contributed by atoms with Crippen LogP contribution in [0.25, 0.3) is 78.0 Å². The minimum Gasteiger partial charge on any atom is -0.304 e. The van der Waals surface area contributed by atoms with E-state index in [1.807, 2.05) is 89.5 Å². The molecule has 9 rings (SSSR count). The van der Waals surface area contributed by atoms with Crippen LogP contribution in [0.15, 0.2) is 121 Å². The lowest BCUT2D eigenvalue weighted by Crippen LogP contribution is -2.09. The van der Waals surface area contributed by atoms with Crippen LogP contribution < -0.4 is 0 Å². The van der Waals surface area contributed by atoms with E-state index >= 15 is 8.78 Å². The quantitative estimate of drug-likeness (QED) is 0.108. The predicted octanol–water partition coefficient (Wildman–Crippen LogP) is 10.1. The third-order valence-corrected chi connectivity index (χ3v) is 8.77. The number of hydrogen-bond acceptors (Lipinski definition) is 3. The average Bonchev–Trinajstić information content (AvgIpc) is 3.67. The Kier molecular flexibility index (Phi) is 6.35. The molecule has 5 nitrogen and oxygen atoms in total. The van der Waals surface area contributed by atoms with Crippen LogP contribution in [0, 0.1) is 29.1 Å². The fourth-order valence-corrected chi connectivity index (χ4v) is 6.66. The highest BCUT2D eigenvalue weighted by Gasteiger charge is 2.30. The highest BCUT2D eigenvalue weighted by atomic mass is 19.2. The first kappa shape index (κ1) is 28.8. The lowest BCUT2D eigenvalue weighted by molar-refractivity contribution is 0.376. The van der Waals surface area contributed by atoms with E-state index in [2.05, 4.69) is 0 Å². The van der Waals surface area contributed by atoms with Crippen LogP contribution in [0.4, 0.5) is 22.0 Å². The van der Waals surface area contributed by atoms with Gasteiger partial charge in [0, 0.05) is 32.7 Å². The molecule has 0 fully saturated rings. The fourth-order valence-electron chi connectivity index (χ4n) is 6.66. The molecule has 9 aromatic rings. The van der Waals surface area contributed by atoms with E-state index in [1.54, 1.807) is 36.4 Å². The van der Waals surface area contributed by atoms with Crippen LogP contribution in [-0.4, -0.2) is 24.1 Å². The van der Waals surface area contributed by atoms with Crippen LogP contribution >= 0.6 is 0 Å². The van der Waals surface area contributed by atoms with Gasteiger partial charge >= 0.3 is 0 Å². The highest BCUT2D eigenvalue weighted by Crippen LogP contribution is 2.43. The second-order valence-electron chi connectivity index (χ2n) is 11.5. The number of para-hydroxylation sites is 2. The lowest BCUT2D eigenvalue weighted by Gasteiger charge is -2.12. The monoisotopic (exact) mass is 653 g/mol. The number of rotatable bonds is 4. The Morgan fingerprint density at radius 1 is 0.367 bits per heavy atom. The zero-order chi connectivity index (χ0) is 33.4. The van der Waals surface area contributed by atoms with Gasteiger partial charge < -0.3 is 4.57 Å². The maximum atomic E-state index is 15.4. The van der Waals surface area contributed by atoms with Crippen molar-refractivity contribution in [1.82, 2.24) is 24.1 Å². The molecule has 0 aliphatic rings. The van der Waals surface area contributed by atoms with E-state index in [0.717, 1.165) is 26.6 Å². The molecule has 49 heavy (non-hydrogen) atoms. The number of hydrogen-bond donors (Lipinski definition) is 0. The Balaban J connectivity index is 1.42. The molecule has 10 heteroatoms. The lowest BCUT2D eigenvalue weighted by atomic mass is 10.1. The third-order valence-electron chi connectivity index (χ3n) is 8.77. The number of aromatic nitrogens is 5. The standard InChI is InChI=1S/C39H20F5N5/c40-31-32(41)34(43)36(35(44)33(31)42)48-25-17-9-7-15-23(25)29-27(48)19-20-28-30(29)24-16-8-10-18-26(24)49(28)39-46-37(21-11-3-1-4-12-21)45-38(47-39)22-13-5-2-6-14-22/h1-20H. The van der Waals surface area contributed by atoms with Gasteiger partial charge in [0.2, 0.25) is 11.8 Å². The molecule has 0 bridgehead atoms. The van der Waals surface area contributed by atoms with Gasteiger partial charge in [0.05, 0.1) is 22.1 Å². The smallest absolute Gasteiger partial charge is 0.238 e. The van der Waals surface area contributed by atoms with Crippen LogP contribution in [0.2, 0.25) is 0 Å². The van der Waals surface area contributed by atoms with E-state index in [0.29, 0.717) is 39.3 Å². The molecule has 0 N–H and O–H groups in total. The largest absolute Gasteiger partial charge is 0.304 e. The molecule has 0 atom stereocenters. The molecule has 6 aromatic carbocycles. The van der Waals surface area contributed by atoms with Crippen LogP contribution in [0.1, 0.15) is 0 Å². The minimum atomic E-state index is -2.22. The number of halogens is 5. The van der Waals surface area contributed by atoms with Crippen molar-refractivity contribution in [3.05, 3.63) is 150 Å². The van der Waals surface area contributed by atoms with Crippen LogP contribution in [0.3, 0.4) is 0 Å². The van der Waals surface area contributed by atoms with Gasteiger partial charge in [-0.15, -0.1) is 0 Å². The fraction of sp³-hybridized carbons (Fsp3) is 0. The summed E-state index contributed by atoms with van der Waals surface area (Å²) in [7, 11) is 0. The zero-order valence-electron chi connectivity index (χ0n) is 25.2. The molecule has 0 radical (unpaired) electrons. The van der Waals surface area contributed by atoms with E-state index in [1.165, 1.54) is 0 Å². The SMILES string of the molecule is Fc1c(F)c(F)c(-n2c3ccccc3c3c4c5ccccc5n(-c5nc(-c6ccccc6)nc(-c6ccccc6)n5)c4ccc32)c(F)c1F. The summed E-state index contributed by atoms with van der Waals surface area (Å²) in [5.74, 6) is -8.85. The van der Waals surface area contributed by atoms with E-state index in [-0.39, 0.29) is 11.0 Å². The van der Waals surface area contributed by atoms with Crippen molar-refractivity contribution in [3.63, 3.8) is 0 Å². The van der Waals surface area contributed by atoms with Crippen LogP contribution in [0.5, 0.6) is 0 Å². The second-order valence-corrected chi connectivity index (χ2v) is 11.5. The van der Waals surface area contributed by atoms with Gasteiger partial charge in [-0.2, -0.15) is 9.97 Å². The summed E-state index contributed by atoms with van der Waals surface area (Å²) < 4.78 is 77.0. The van der Waals surface area contributed by atoms with Gasteiger partial charge in [-0.05, 0) is 24.3 Å². The summed E-state index contributed by atoms with van der Waals surface area (Å²) in [6.45, 7) is 0. The summed E-state index contributed by atoms with van der Waals surface area (Å²) >= 11 is 0. The van der Waals surface area contributed by atoms with Crippen molar-refractivity contribution in [2.45, 2.75) is 0 Å². The predicted molar refractivity (Wildman–Crippen MR) is 179 cm³/mol. The van der Waals surface area contributed by atoms with Crippen molar-refractivity contribution in [3.8, 4) is 34.4 Å². The molecule has 0 unspecified atom stereocenters. The van der Waals surface area contributed by atoms with Crippen molar-refractivity contribution < 1.29 is 22.0 Å². The first-order chi connectivity index (χ1) is 23.9. The minimum absolute atomic E-state index is 0.255. The van der Waals surface area contributed by atoms with Gasteiger partial charge in [0.25, 0.3) is 0 Å². The van der Waals surface area contributed by atoms with E-state index in [9.17, 15) is 13.2 Å². The van der Waals surface area contributed by atoms with Crippen molar-refractivity contribution in [2.75, 3.05) is 0 Å². The molecule has 0 aliphatic carbocycles. The Labute approximate surface area is 274 Å². The summed E-state index contributed by atoms with van der Waals surface area (Å²) in [6, 6.07) is 36.8. The van der Waals surface area contributed by atoms with Crippen molar-refractivity contribution in [2.24, 2.45) is 0 Å². The number of benzene rings is 6. The Morgan fingerprint density at radius 3 is 1.29 bits per heavy atom. The van der Waals surface area contributed by atoms with E-state index < -0.39 is 34.8 Å². The molecule has 236 valence electrons. The normalized spacial score (nSPS) is 11.8. The maximum Gasteiger partial charge on any atom is 0.238 e. The topological polar surface area (TPSA) is 48.5 Å². The van der Waals surface area contributed by atoms with Crippen molar-refractivity contribution >= 4 is 43.6 Å². The molecule has 3 heterocycles. The molecule has 0 saturated heterocycles. The van der Waals surface area contributed by atoms with Gasteiger partial charge in [0.15, 0.2) is 34.9 Å². The van der Waals surface area contributed by atoms with Gasteiger partial charge in [-0.25, -0.2) is 26.9 Å². The first-order valence-electron chi connectivity index (χ1n) is 15.3. The third kappa shape index (κ3) is 4.20.